The summed E-state index contributed by atoms with van der Waals surface area (Å²) in [5.41, 5.74) is 0. The zero-order valence-corrected chi connectivity index (χ0v) is 5.28. The van der Waals surface area contributed by atoms with Crippen LogP contribution in [0.1, 0.15) is 0 Å². The quantitative estimate of drug-likeness (QED) is 0.468. The van der Waals surface area contributed by atoms with Gasteiger partial charge in [-0.05, 0) is 0 Å². The first-order valence-corrected chi connectivity index (χ1v) is 1.000. The average Bonchev–Trinajstić information content (AvgIpc) is 1.50. The van der Waals surface area contributed by atoms with Gasteiger partial charge in [0.1, 0.15) is 0 Å². The Morgan fingerprint density at radius 1 is 0.500 bits per heavy atom. The van der Waals surface area contributed by atoms with Crippen molar-refractivity contribution in [3.05, 3.63) is 26.3 Å². The topological polar surface area (TPSA) is 0 Å². The third-order valence-corrected chi connectivity index (χ3v) is 0. The Kier molecular flexibility index (Phi) is 17500. The van der Waals surface area contributed by atoms with Crippen LogP contribution in [-0.4, -0.2) is 0 Å². The lowest BCUT2D eigenvalue weighted by atomic mass is 11.3. The second kappa shape index (κ2) is 1050. The Morgan fingerprint density at radius 2 is 0.500 bits per heavy atom. The van der Waals surface area contributed by atoms with Crippen LogP contribution in [0.4, 0.5) is 14.1 Å². The van der Waals surface area contributed by atoms with E-state index in [9.17, 15) is 0 Å². The molecule has 0 aliphatic heterocycles. The van der Waals surface area contributed by atoms with Crippen molar-refractivity contribution in [1.29, 1.82) is 0 Å². The molecule has 0 aliphatic carbocycles. The summed E-state index contributed by atoms with van der Waals surface area (Å²) in [6.07, 6.45) is 0. The van der Waals surface area contributed by atoms with Crippen LogP contribution in [0.2, 0.25) is 0 Å². The molecule has 0 saturated heterocycles. The molecule has 0 fully saturated rings. The van der Waals surface area contributed by atoms with Gasteiger partial charge >= 0.3 is 0 Å². The van der Waals surface area contributed by atoms with Gasteiger partial charge in [0, 0.05) is 0 Å². The molecule has 0 spiro atoms. The minimum absolute atomic E-state index is 0. The van der Waals surface area contributed by atoms with E-state index in [4.69, 9.17) is 0 Å². The maximum atomic E-state index is 3.00. The summed E-state index contributed by atoms with van der Waals surface area (Å²) < 4.78 is 0. The Labute approximate surface area is 53.8 Å². The molecule has 0 atom stereocenters. The first-order chi connectivity index (χ1) is 2.00. The van der Waals surface area contributed by atoms with Gasteiger partial charge in [-0.25, -0.2) is 0 Å². The van der Waals surface area contributed by atoms with Crippen molar-refractivity contribution in [2.45, 2.75) is 0 Å². The van der Waals surface area contributed by atoms with Gasteiger partial charge in [0.15, 0.2) is 0 Å². The molecule has 0 amide bonds. The second-order valence-corrected chi connectivity index (χ2v) is 0. The van der Waals surface area contributed by atoms with E-state index in [1.54, 1.807) is 0 Å². The summed E-state index contributed by atoms with van der Waals surface area (Å²) in [5.74, 6) is 0. The summed E-state index contributed by atoms with van der Waals surface area (Å²) >= 11 is 0. The van der Waals surface area contributed by atoms with Crippen molar-refractivity contribution in [2.75, 3.05) is 0 Å². The molecule has 4 heteroatoms. The third kappa shape index (κ3) is 597. The van der Waals surface area contributed by atoms with Gasteiger partial charge in [0.25, 0.3) is 0 Å². The zero-order valence-electron chi connectivity index (χ0n) is 4.46. The summed E-state index contributed by atoms with van der Waals surface area (Å²) in [7, 11) is 0. The highest BCUT2D eigenvalue weighted by molar-refractivity contribution is 5.85. The van der Waals surface area contributed by atoms with Gasteiger partial charge < -0.3 is 0 Å². The fourth-order valence-corrected chi connectivity index (χ4v) is 0. The van der Waals surface area contributed by atoms with Crippen LogP contribution in [-0.2, 0) is 0 Å². The zero-order chi connectivity index (χ0) is 4.00. The van der Waals surface area contributed by atoms with E-state index < -0.39 is 0 Å². The monoisotopic (exact) mass is 152 g/mol. The molecule has 0 aromatic carbocycles. The molecule has 0 nitrogen and oxygen atoms in total. The largest absolute Gasteiger partial charge is 0.269 e. The molecule has 0 radical (unpaired) electrons. The molecule has 0 aromatic heterocycles. The Balaban J connectivity index is -0.00000000167. The predicted molar refractivity (Wildman–Crippen MR) is 37.3 cm³/mol. The molecule has 0 saturated carbocycles. The van der Waals surface area contributed by atoms with Crippen LogP contribution in [0.15, 0.2) is 26.3 Å². The van der Waals surface area contributed by atoms with Crippen molar-refractivity contribution in [3.63, 3.8) is 0 Å². The fourth-order valence-electron chi connectivity index (χ4n) is 0. The minimum Gasteiger partial charge on any atom is -0.269 e. The van der Waals surface area contributed by atoms with Crippen LogP contribution < -0.4 is 0 Å². The van der Waals surface area contributed by atoms with Crippen molar-refractivity contribution in [1.82, 2.24) is 0 Å². The second-order valence-electron chi connectivity index (χ2n) is 0. The molecule has 8 heavy (non-hydrogen) atoms. The van der Waals surface area contributed by atoms with Crippen LogP contribution in [0, 0.1) is 0 Å². The van der Waals surface area contributed by atoms with E-state index in [0.717, 1.165) is 0 Å². The molecule has 0 aliphatic rings. The SMILES string of the molecule is C=C.C=C.Cl.F.F.F. The molecule has 56 valence electrons. The molecule has 0 bridgehead atoms. The minimum atomic E-state index is 0. The Hall–Kier alpha value is -0.440. The van der Waals surface area contributed by atoms with Crippen molar-refractivity contribution in [3.8, 4) is 0 Å². The maximum absolute atomic E-state index is 3.00. The van der Waals surface area contributed by atoms with Crippen LogP contribution >= 0.6 is 12.4 Å². The van der Waals surface area contributed by atoms with Gasteiger partial charge in [0.2, 0.25) is 0 Å². The van der Waals surface area contributed by atoms with Crippen molar-refractivity contribution in [2.24, 2.45) is 0 Å². The van der Waals surface area contributed by atoms with Gasteiger partial charge in [-0.2, -0.15) is 0 Å². The normalized spacial score (nSPS) is 1.00. The maximum Gasteiger partial charge on any atom is -0.106 e. The lowest BCUT2D eigenvalue weighted by Gasteiger charge is -0.813. The number of rotatable bonds is 0. The number of halogens is 4. The average molecular weight is 153 g/mol. The van der Waals surface area contributed by atoms with Gasteiger partial charge in [-0.3, -0.25) is 14.1 Å². The van der Waals surface area contributed by atoms with Crippen LogP contribution in [0.5, 0.6) is 0 Å². The van der Waals surface area contributed by atoms with E-state index in [0.29, 0.717) is 0 Å². The summed E-state index contributed by atoms with van der Waals surface area (Å²) in [4.78, 5) is 0. The van der Waals surface area contributed by atoms with E-state index in [-0.39, 0.29) is 26.5 Å². The standard InChI is InChI=1S/2C2H4.ClH.3FH/c2*1-2;;;;/h2*1-2H2;4*1H. The summed E-state index contributed by atoms with van der Waals surface area (Å²) in [6.45, 7) is 12.0. The smallest absolute Gasteiger partial charge is 0.106 e. The lowest BCUT2D eigenvalue weighted by Crippen LogP contribution is -0.552. The summed E-state index contributed by atoms with van der Waals surface area (Å²) in [6, 6.07) is 0. The van der Waals surface area contributed by atoms with E-state index in [2.05, 4.69) is 26.3 Å². The van der Waals surface area contributed by atoms with Crippen LogP contribution in [0.25, 0.3) is 0 Å². The lowest BCUT2D eigenvalue weighted by molar-refractivity contribution is 1.11. The molecule has 0 unspecified atom stereocenters. The highest BCUT2D eigenvalue weighted by Gasteiger charge is 0.603. The highest BCUT2D eigenvalue weighted by atomic mass is 35.5. The summed E-state index contributed by atoms with van der Waals surface area (Å²) in [5, 5.41) is 0. The third-order valence-electron chi connectivity index (χ3n) is 0. The van der Waals surface area contributed by atoms with Gasteiger partial charge in [-0.15, -0.1) is 38.7 Å². The fraction of sp³-hybridized carbons (Fsp3) is 0. The molecule has 0 N–H and O–H groups in total. The van der Waals surface area contributed by atoms with Gasteiger partial charge in [-0.1, -0.05) is 0 Å². The molecule has 0 aromatic rings. The molecular weight excluding hydrogens is 140 g/mol. The Bertz CT molecular complexity index is 13.2. The molecule has 0 heterocycles. The van der Waals surface area contributed by atoms with E-state index in [1.807, 2.05) is 0 Å². The van der Waals surface area contributed by atoms with Crippen molar-refractivity contribution < 1.29 is 14.1 Å². The van der Waals surface area contributed by atoms with Crippen molar-refractivity contribution >= 4 is 12.4 Å². The first-order valence-electron chi connectivity index (χ1n) is 1.000. The molecular formula is C4H12ClF3. The van der Waals surface area contributed by atoms with Gasteiger partial charge in [0.05, 0.1) is 0 Å². The number of hydrogen-bond donors (Lipinski definition) is 0. The highest BCUT2D eigenvalue weighted by Crippen LogP contribution is 0.864. The predicted octanol–water partition coefficient (Wildman–Crippen LogP) is 2.48. The van der Waals surface area contributed by atoms with E-state index in [1.165, 1.54) is 0 Å². The van der Waals surface area contributed by atoms with E-state index >= 15 is 0 Å². The Morgan fingerprint density at radius 3 is 0.500 bits per heavy atom. The number of hydrogen-bond acceptors (Lipinski definition) is 0. The first kappa shape index (κ1) is 134. The van der Waals surface area contributed by atoms with Crippen LogP contribution in [0.3, 0.4) is 0 Å². The molecule has 0 rings (SSSR count).